The quantitative estimate of drug-likeness (QED) is 0.678. The Morgan fingerprint density at radius 3 is 2.36 bits per heavy atom. The SMILES string of the molecule is CC(C)(C(=O)C1=CCC(C2CCCCC2)C=C1)[S+]1CCCC1. The smallest absolute Gasteiger partial charge is 0.217 e. The Balaban J connectivity index is 1.62. The van der Waals surface area contributed by atoms with Gasteiger partial charge in [-0.05, 0) is 57.8 Å². The van der Waals surface area contributed by atoms with Crippen LogP contribution in [0.5, 0.6) is 0 Å². The molecule has 1 saturated heterocycles. The highest BCUT2D eigenvalue weighted by molar-refractivity contribution is 7.99. The first-order valence-corrected chi connectivity index (χ1v) is 10.8. The van der Waals surface area contributed by atoms with Gasteiger partial charge in [0.25, 0.3) is 0 Å². The molecule has 0 amide bonds. The van der Waals surface area contributed by atoms with Gasteiger partial charge in [0.15, 0.2) is 4.75 Å². The van der Waals surface area contributed by atoms with Crippen LogP contribution in [0.25, 0.3) is 0 Å². The van der Waals surface area contributed by atoms with Crippen LogP contribution >= 0.6 is 0 Å². The third kappa shape index (κ3) is 3.37. The molecule has 122 valence electrons. The molecule has 1 nitrogen and oxygen atoms in total. The number of hydrogen-bond donors (Lipinski definition) is 0. The van der Waals surface area contributed by atoms with Crippen molar-refractivity contribution in [3.63, 3.8) is 0 Å². The average Bonchev–Trinajstić information content (AvgIpc) is 3.10. The van der Waals surface area contributed by atoms with Crippen molar-refractivity contribution in [3.8, 4) is 0 Å². The highest BCUT2D eigenvalue weighted by atomic mass is 32.2. The molecule has 3 rings (SSSR count). The fourth-order valence-corrected chi connectivity index (χ4v) is 7.07. The Morgan fingerprint density at radius 2 is 1.77 bits per heavy atom. The predicted octanol–water partition coefficient (Wildman–Crippen LogP) is 4.83. The molecule has 1 unspecified atom stereocenters. The molecule has 0 aromatic carbocycles. The Labute approximate surface area is 139 Å². The first-order valence-electron chi connectivity index (χ1n) is 9.20. The topological polar surface area (TPSA) is 17.1 Å². The highest BCUT2D eigenvalue weighted by Crippen LogP contribution is 2.36. The van der Waals surface area contributed by atoms with Gasteiger partial charge in [-0.15, -0.1) is 0 Å². The Morgan fingerprint density at radius 1 is 1.09 bits per heavy atom. The van der Waals surface area contributed by atoms with Gasteiger partial charge in [0.2, 0.25) is 5.78 Å². The molecule has 0 spiro atoms. The van der Waals surface area contributed by atoms with Crippen LogP contribution in [-0.2, 0) is 15.7 Å². The third-order valence-electron chi connectivity index (χ3n) is 5.95. The average molecular weight is 320 g/mol. The van der Waals surface area contributed by atoms with E-state index in [1.165, 1.54) is 56.5 Å². The first kappa shape index (κ1) is 16.4. The molecule has 0 radical (unpaired) electrons. The lowest BCUT2D eigenvalue weighted by atomic mass is 9.76. The second-order valence-corrected chi connectivity index (χ2v) is 10.6. The van der Waals surface area contributed by atoms with Crippen LogP contribution in [0.3, 0.4) is 0 Å². The molecule has 2 aliphatic carbocycles. The van der Waals surface area contributed by atoms with Crippen LogP contribution in [0.2, 0.25) is 0 Å². The number of carbonyl (C=O) groups is 1. The summed E-state index contributed by atoms with van der Waals surface area (Å²) in [5, 5.41) is 0. The second kappa shape index (κ2) is 6.95. The number of hydrogen-bond acceptors (Lipinski definition) is 1. The van der Waals surface area contributed by atoms with Gasteiger partial charge in [-0.2, -0.15) is 0 Å². The van der Waals surface area contributed by atoms with Gasteiger partial charge in [0.05, 0.1) is 0 Å². The molecule has 0 bridgehead atoms. The first-order chi connectivity index (χ1) is 10.6. The van der Waals surface area contributed by atoms with Gasteiger partial charge in [0, 0.05) is 16.5 Å². The fourth-order valence-electron chi connectivity index (χ4n) is 4.36. The van der Waals surface area contributed by atoms with E-state index in [4.69, 9.17) is 0 Å². The monoisotopic (exact) mass is 319 g/mol. The Bertz CT molecular complexity index is 462. The van der Waals surface area contributed by atoms with E-state index in [2.05, 4.69) is 32.1 Å². The molecule has 0 aromatic heterocycles. The normalized spacial score (nSPS) is 27.9. The molecular formula is C20H31OS+. The van der Waals surface area contributed by atoms with Crippen molar-refractivity contribution in [3.05, 3.63) is 23.8 Å². The molecular weight excluding hydrogens is 288 g/mol. The molecule has 0 aromatic rings. The standard InChI is InChI=1S/C20H31OS/c1-20(2,22-14-6-7-15-22)19(21)18-12-10-17(11-13-18)16-8-4-3-5-9-16/h10,12-13,16-17H,3-9,11,14-15H2,1-2H3/q+1. The summed E-state index contributed by atoms with van der Waals surface area (Å²) in [4.78, 5) is 13.0. The van der Waals surface area contributed by atoms with E-state index in [-0.39, 0.29) is 4.75 Å². The fraction of sp³-hybridized carbons (Fsp3) is 0.750. The minimum absolute atomic E-state index is 0.148. The van der Waals surface area contributed by atoms with Gasteiger partial charge in [0.1, 0.15) is 11.5 Å². The minimum Gasteiger partial charge on any atom is -0.288 e. The lowest BCUT2D eigenvalue weighted by Gasteiger charge is -2.30. The van der Waals surface area contributed by atoms with Gasteiger partial charge < -0.3 is 0 Å². The van der Waals surface area contributed by atoms with Gasteiger partial charge in [-0.3, -0.25) is 4.79 Å². The maximum atomic E-state index is 13.0. The van der Waals surface area contributed by atoms with Crippen LogP contribution in [-0.4, -0.2) is 22.0 Å². The van der Waals surface area contributed by atoms with E-state index < -0.39 is 0 Å². The molecule has 2 fully saturated rings. The molecule has 2 heteroatoms. The van der Waals surface area contributed by atoms with E-state index in [1.54, 1.807) is 0 Å². The van der Waals surface area contributed by atoms with Crippen molar-refractivity contribution in [2.75, 3.05) is 11.5 Å². The largest absolute Gasteiger partial charge is 0.288 e. The van der Waals surface area contributed by atoms with E-state index in [1.807, 2.05) is 0 Å². The summed E-state index contributed by atoms with van der Waals surface area (Å²) in [6.45, 7) is 4.37. The van der Waals surface area contributed by atoms with E-state index in [0.717, 1.165) is 17.9 Å². The van der Waals surface area contributed by atoms with Crippen molar-refractivity contribution in [1.82, 2.24) is 0 Å². The number of carbonyl (C=O) groups excluding carboxylic acids is 1. The van der Waals surface area contributed by atoms with Crippen molar-refractivity contribution in [1.29, 1.82) is 0 Å². The molecule has 0 N–H and O–H groups in total. The molecule has 1 saturated carbocycles. The summed E-state index contributed by atoms with van der Waals surface area (Å²) >= 11 is 0. The third-order valence-corrected chi connectivity index (χ3v) is 9.14. The van der Waals surface area contributed by atoms with Gasteiger partial charge in [-0.1, -0.05) is 37.5 Å². The molecule has 1 atom stereocenters. The van der Waals surface area contributed by atoms with Crippen LogP contribution < -0.4 is 0 Å². The molecule has 22 heavy (non-hydrogen) atoms. The molecule has 1 aliphatic heterocycles. The van der Waals surface area contributed by atoms with Gasteiger partial charge in [-0.25, -0.2) is 0 Å². The lowest BCUT2D eigenvalue weighted by molar-refractivity contribution is -0.116. The zero-order valence-corrected chi connectivity index (χ0v) is 15.1. The predicted molar refractivity (Wildman–Crippen MR) is 97.3 cm³/mol. The van der Waals surface area contributed by atoms with Crippen LogP contribution in [0.4, 0.5) is 0 Å². The lowest BCUT2D eigenvalue weighted by Crippen LogP contribution is -2.42. The van der Waals surface area contributed by atoms with Crippen LogP contribution in [0, 0.1) is 11.8 Å². The summed E-state index contributed by atoms with van der Waals surface area (Å²) in [7, 11) is 0.293. The Hall–Kier alpha value is -0.500. The van der Waals surface area contributed by atoms with Crippen molar-refractivity contribution < 1.29 is 4.79 Å². The summed E-state index contributed by atoms with van der Waals surface area (Å²) in [5.74, 6) is 4.48. The summed E-state index contributed by atoms with van der Waals surface area (Å²) in [6.07, 6.45) is 17.5. The second-order valence-electron chi connectivity index (χ2n) is 7.76. The zero-order valence-electron chi connectivity index (χ0n) is 14.3. The number of ketones is 1. The van der Waals surface area contributed by atoms with E-state index in [0.29, 0.717) is 22.6 Å². The Kier molecular flexibility index (Phi) is 5.17. The maximum absolute atomic E-state index is 13.0. The molecule has 3 aliphatic rings. The maximum Gasteiger partial charge on any atom is 0.217 e. The summed E-state index contributed by atoms with van der Waals surface area (Å²) in [6, 6.07) is 0. The molecule has 1 heterocycles. The van der Waals surface area contributed by atoms with Gasteiger partial charge >= 0.3 is 0 Å². The van der Waals surface area contributed by atoms with E-state index >= 15 is 0 Å². The highest BCUT2D eigenvalue weighted by Gasteiger charge is 2.47. The van der Waals surface area contributed by atoms with Crippen molar-refractivity contribution >= 4 is 16.7 Å². The summed E-state index contributed by atoms with van der Waals surface area (Å²) in [5.41, 5.74) is 0.997. The number of rotatable bonds is 4. The number of Topliss-reactive ketones (excluding diaryl/α,β-unsaturated/α-hetero) is 1. The van der Waals surface area contributed by atoms with Crippen LogP contribution in [0.15, 0.2) is 23.8 Å². The van der Waals surface area contributed by atoms with Crippen molar-refractivity contribution in [2.45, 2.75) is 70.0 Å². The minimum atomic E-state index is -0.148. The zero-order chi connectivity index (χ0) is 15.6. The van der Waals surface area contributed by atoms with Crippen LogP contribution in [0.1, 0.15) is 65.2 Å². The van der Waals surface area contributed by atoms with Crippen molar-refractivity contribution in [2.24, 2.45) is 11.8 Å². The van der Waals surface area contributed by atoms with E-state index in [9.17, 15) is 4.79 Å². The number of allylic oxidation sites excluding steroid dienone is 4. The summed E-state index contributed by atoms with van der Waals surface area (Å²) < 4.78 is -0.148.